The van der Waals surface area contributed by atoms with Gasteiger partial charge in [-0.1, -0.05) is 11.8 Å². The molecule has 8 nitrogen and oxygen atoms in total. The quantitative estimate of drug-likeness (QED) is 0.473. The predicted octanol–water partition coefficient (Wildman–Crippen LogP) is 1.13. The Morgan fingerprint density at radius 2 is 0.923 bits per heavy atom. The Morgan fingerprint density at radius 3 is 1.19 bits per heavy atom. The first kappa shape index (κ1) is 18.2. The molecule has 26 heavy (non-hydrogen) atoms. The van der Waals surface area contributed by atoms with Crippen LogP contribution in [0, 0.1) is 11.8 Å². The number of carbonyl (C=O) groups excluding carboxylic acids is 2. The Bertz CT molecular complexity index is 845. The molecule has 0 aliphatic carbocycles. The molecule has 0 radical (unpaired) electrons. The first-order chi connectivity index (χ1) is 12.3. The van der Waals surface area contributed by atoms with Crippen molar-refractivity contribution in [1.29, 1.82) is 0 Å². The summed E-state index contributed by atoms with van der Waals surface area (Å²) in [5.41, 5.74) is 1.95. The first-order valence-corrected chi connectivity index (χ1v) is 7.16. The van der Waals surface area contributed by atoms with E-state index in [2.05, 4.69) is 22.5 Å². The summed E-state index contributed by atoms with van der Waals surface area (Å²) in [7, 11) is 0. The smallest absolute Gasteiger partial charge is 0.394 e. The SMILES string of the molecule is O=C(O)C(=O)Nc1ccc(C#Cc2ccc(NC(=O)C(=O)O)cc2)cc1. The van der Waals surface area contributed by atoms with Crippen LogP contribution in [0.1, 0.15) is 11.1 Å². The molecular formula is C18H12N2O6. The number of rotatable bonds is 2. The maximum Gasteiger partial charge on any atom is 0.394 e. The average Bonchev–Trinajstić information content (AvgIpc) is 2.62. The van der Waals surface area contributed by atoms with E-state index in [1.165, 1.54) is 24.3 Å². The summed E-state index contributed by atoms with van der Waals surface area (Å²) in [5, 5.41) is 21.5. The number of carbonyl (C=O) groups is 4. The maximum atomic E-state index is 11.0. The summed E-state index contributed by atoms with van der Waals surface area (Å²) >= 11 is 0. The number of nitrogens with one attached hydrogen (secondary N) is 2. The van der Waals surface area contributed by atoms with Gasteiger partial charge in [-0.25, -0.2) is 9.59 Å². The fraction of sp³-hybridized carbons (Fsp3) is 0. The van der Waals surface area contributed by atoms with Crippen LogP contribution in [-0.2, 0) is 19.2 Å². The Kier molecular flexibility index (Phi) is 5.69. The standard InChI is InChI=1S/C18H12N2O6/c21-15(17(23)24)19-13-7-3-11(4-8-13)1-2-12-5-9-14(10-6-12)20-16(22)18(25)26/h3-10H,(H,19,21)(H,20,22)(H,23,24)(H,25,26). The molecule has 0 saturated heterocycles. The monoisotopic (exact) mass is 352 g/mol. The van der Waals surface area contributed by atoms with Crippen molar-refractivity contribution in [3.63, 3.8) is 0 Å². The van der Waals surface area contributed by atoms with Gasteiger partial charge in [0.2, 0.25) is 0 Å². The number of hydrogen-bond donors (Lipinski definition) is 4. The highest BCUT2D eigenvalue weighted by Crippen LogP contribution is 2.11. The number of hydrogen-bond acceptors (Lipinski definition) is 4. The van der Waals surface area contributed by atoms with Crippen molar-refractivity contribution >= 4 is 35.1 Å². The molecule has 4 N–H and O–H groups in total. The van der Waals surface area contributed by atoms with Crippen LogP contribution in [-0.4, -0.2) is 34.0 Å². The second-order valence-electron chi connectivity index (χ2n) is 4.92. The minimum Gasteiger partial charge on any atom is -0.474 e. The number of benzene rings is 2. The number of anilines is 2. The van der Waals surface area contributed by atoms with E-state index in [0.717, 1.165) is 0 Å². The van der Waals surface area contributed by atoms with E-state index in [0.29, 0.717) is 22.5 Å². The lowest BCUT2D eigenvalue weighted by molar-refractivity contribution is -0.147. The lowest BCUT2D eigenvalue weighted by Crippen LogP contribution is -2.21. The highest BCUT2D eigenvalue weighted by atomic mass is 16.4. The molecule has 2 aromatic rings. The van der Waals surface area contributed by atoms with Crippen molar-refractivity contribution in [2.75, 3.05) is 10.6 Å². The van der Waals surface area contributed by atoms with E-state index < -0.39 is 23.8 Å². The van der Waals surface area contributed by atoms with Gasteiger partial charge < -0.3 is 20.8 Å². The Hall–Kier alpha value is -4.12. The summed E-state index contributed by atoms with van der Waals surface area (Å²) in [6.07, 6.45) is 0. The van der Waals surface area contributed by atoms with Crippen LogP contribution in [0.3, 0.4) is 0 Å². The summed E-state index contributed by atoms with van der Waals surface area (Å²) in [4.78, 5) is 43.0. The molecule has 0 aliphatic heterocycles. The highest BCUT2D eigenvalue weighted by molar-refractivity contribution is 6.36. The number of carboxylic acid groups (broad SMARTS) is 2. The van der Waals surface area contributed by atoms with Crippen LogP contribution in [0.25, 0.3) is 0 Å². The van der Waals surface area contributed by atoms with Crippen LogP contribution in [0.15, 0.2) is 48.5 Å². The van der Waals surface area contributed by atoms with Gasteiger partial charge in [-0.2, -0.15) is 0 Å². The van der Waals surface area contributed by atoms with Gasteiger partial charge in [-0.3, -0.25) is 9.59 Å². The topological polar surface area (TPSA) is 133 Å². The molecule has 8 heteroatoms. The van der Waals surface area contributed by atoms with E-state index in [4.69, 9.17) is 10.2 Å². The number of carboxylic acids is 2. The molecule has 2 amide bonds. The second kappa shape index (κ2) is 8.12. The molecule has 0 heterocycles. The van der Waals surface area contributed by atoms with Crippen molar-refractivity contribution in [3.8, 4) is 11.8 Å². The van der Waals surface area contributed by atoms with Crippen molar-refractivity contribution in [2.24, 2.45) is 0 Å². The van der Waals surface area contributed by atoms with Crippen molar-refractivity contribution < 1.29 is 29.4 Å². The molecule has 0 aromatic heterocycles. The minimum atomic E-state index is -1.57. The minimum absolute atomic E-state index is 0.335. The summed E-state index contributed by atoms with van der Waals surface area (Å²) in [6, 6.07) is 12.6. The zero-order chi connectivity index (χ0) is 19.1. The van der Waals surface area contributed by atoms with Crippen molar-refractivity contribution in [3.05, 3.63) is 59.7 Å². The van der Waals surface area contributed by atoms with Crippen LogP contribution in [0.5, 0.6) is 0 Å². The molecule has 130 valence electrons. The fourth-order valence-corrected chi connectivity index (χ4v) is 1.79. The van der Waals surface area contributed by atoms with Crippen LogP contribution < -0.4 is 10.6 Å². The van der Waals surface area contributed by atoms with Gasteiger partial charge in [0.15, 0.2) is 0 Å². The summed E-state index contributed by atoms with van der Waals surface area (Å²) < 4.78 is 0. The largest absolute Gasteiger partial charge is 0.474 e. The van der Waals surface area contributed by atoms with Gasteiger partial charge in [0.05, 0.1) is 0 Å². The lowest BCUT2D eigenvalue weighted by atomic mass is 10.1. The molecule has 0 atom stereocenters. The molecule has 0 bridgehead atoms. The summed E-state index contributed by atoms with van der Waals surface area (Å²) in [6.45, 7) is 0. The maximum absolute atomic E-state index is 11.0. The predicted molar refractivity (Wildman–Crippen MR) is 91.4 cm³/mol. The van der Waals surface area contributed by atoms with E-state index in [-0.39, 0.29) is 0 Å². The molecule has 0 unspecified atom stereocenters. The van der Waals surface area contributed by atoms with Gasteiger partial charge in [0.1, 0.15) is 0 Å². The first-order valence-electron chi connectivity index (χ1n) is 7.16. The Balaban J connectivity index is 2.02. The van der Waals surface area contributed by atoms with Crippen LogP contribution in [0.4, 0.5) is 11.4 Å². The third-order valence-corrected chi connectivity index (χ3v) is 3.03. The van der Waals surface area contributed by atoms with Crippen LogP contribution in [0.2, 0.25) is 0 Å². The molecular weight excluding hydrogens is 340 g/mol. The highest BCUT2D eigenvalue weighted by Gasteiger charge is 2.11. The Labute approximate surface area is 147 Å². The number of amides is 2. The fourth-order valence-electron chi connectivity index (χ4n) is 1.79. The number of aliphatic carboxylic acids is 2. The molecule has 2 rings (SSSR count). The van der Waals surface area contributed by atoms with E-state index >= 15 is 0 Å². The van der Waals surface area contributed by atoms with E-state index in [1.807, 2.05) is 0 Å². The molecule has 0 spiro atoms. The molecule has 0 saturated carbocycles. The molecule has 2 aromatic carbocycles. The normalized spacial score (nSPS) is 9.38. The third-order valence-electron chi connectivity index (χ3n) is 3.03. The average molecular weight is 352 g/mol. The van der Waals surface area contributed by atoms with Gasteiger partial charge in [-0.15, -0.1) is 0 Å². The third kappa shape index (κ3) is 5.21. The second-order valence-corrected chi connectivity index (χ2v) is 4.92. The lowest BCUT2D eigenvalue weighted by Gasteiger charge is -2.02. The zero-order valence-electron chi connectivity index (χ0n) is 13.1. The summed E-state index contributed by atoms with van der Waals surface area (Å²) in [5.74, 6) is 0.368. The van der Waals surface area contributed by atoms with Gasteiger partial charge in [0, 0.05) is 22.5 Å². The van der Waals surface area contributed by atoms with Gasteiger partial charge >= 0.3 is 23.8 Å². The Morgan fingerprint density at radius 1 is 0.615 bits per heavy atom. The zero-order valence-corrected chi connectivity index (χ0v) is 13.1. The van der Waals surface area contributed by atoms with Crippen molar-refractivity contribution in [1.82, 2.24) is 0 Å². The van der Waals surface area contributed by atoms with E-state index in [1.54, 1.807) is 24.3 Å². The molecule has 0 aliphatic rings. The van der Waals surface area contributed by atoms with Crippen LogP contribution >= 0.6 is 0 Å². The van der Waals surface area contributed by atoms with Gasteiger partial charge in [0.25, 0.3) is 0 Å². The van der Waals surface area contributed by atoms with Crippen molar-refractivity contribution in [2.45, 2.75) is 0 Å². The van der Waals surface area contributed by atoms with E-state index in [9.17, 15) is 19.2 Å². The molecule has 0 fully saturated rings. The van der Waals surface area contributed by atoms with Gasteiger partial charge in [-0.05, 0) is 48.5 Å².